The van der Waals surface area contributed by atoms with Gasteiger partial charge in [-0.25, -0.2) is 0 Å². The van der Waals surface area contributed by atoms with Gasteiger partial charge in [-0.3, -0.25) is 0 Å². The number of rotatable bonds is 2. The van der Waals surface area contributed by atoms with Crippen LogP contribution >= 0.6 is 0 Å². The van der Waals surface area contributed by atoms with Crippen molar-refractivity contribution in [1.82, 2.24) is 0 Å². The molecule has 2 N–H and O–H groups in total. The van der Waals surface area contributed by atoms with E-state index in [0.29, 0.717) is 5.75 Å². The van der Waals surface area contributed by atoms with E-state index in [2.05, 4.69) is 0 Å². The van der Waals surface area contributed by atoms with Gasteiger partial charge < -0.3 is 14.9 Å². The fraction of sp³-hybridized carbons (Fsp3) is 0.333. The highest BCUT2D eigenvalue weighted by atomic mass is 16.7. The molecule has 0 bridgehead atoms. The Kier molecular flexibility index (Phi) is 2.68. The number of benzene rings is 1. The van der Waals surface area contributed by atoms with Gasteiger partial charge in [0.15, 0.2) is 0 Å². The van der Waals surface area contributed by atoms with Crippen molar-refractivity contribution >= 4 is 0 Å². The molecule has 0 aromatic heterocycles. The Labute approximate surface area is 71.2 Å². The first-order chi connectivity index (χ1) is 5.61. The predicted octanol–water partition coefficient (Wildman–Crippen LogP) is 0.950. The van der Waals surface area contributed by atoms with Gasteiger partial charge >= 0.3 is 6.48 Å². The fourth-order valence-electron chi connectivity index (χ4n) is 0.965. The smallest absolute Gasteiger partial charge is 0.310 e. The topological polar surface area (TPSA) is 49.7 Å². The first kappa shape index (κ1) is 9.03. The van der Waals surface area contributed by atoms with Crippen LogP contribution in [0, 0.1) is 13.8 Å². The lowest BCUT2D eigenvalue weighted by Gasteiger charge is -2.11. The summed E-state index contributed by atoms with van der Waals surface area (Å²) in [5, 5.41) is 17.1. The fourth-order valence-corrected chi connectivity index (χ4v) is 0.965. The molecule has 0 spiro atoms. The Morgan fingerprint density at radius 1 is 1.25 bits per heavy atom. The van der Waals surface area contributed by atoms with Crippen molar-refractivity contribution in [2.24, 2.45) is 0 Å². The molecular weight excluding hydrogens is 156 g/mol. The SMILES string of the molecule is Cc1cccc(OC(O)O)c1C. The summed E-state index contributed by atoms with van der Waals surface area (Å²) >= 11 is 0. The maximum absolute atomic E-state index is 8.55. The van der Waals surface area contributed by atoms with Crippen LogP contribution in [0.5, 0.6) is 5.75 Å². The average Bonchev–Trinajstić information content (AvgIpc) is 1.98. The van der Waals surface area contributed by atoms with Crippen LogP contribution in [-0.4, -0.2) is 16.7 Å². The van der Waals surface area contributed by atoms with Gasteiger partial charge in [0.2, 0.25) is 0 Å². The molecule has 0 aliphatic heterocycles. The quantitative estimate of drug-likeness (QED) is 0.646. The average molecular weight is 168 g/mol. The molecule has 0 heterocycles. The zero-order valence-electron chi connectivity index (χ0n) is 7.11. The van der Waals surface area contributed by atoms with Crippen molar-refractivity contribution in [1.29, 1.82) is 0 Å². The van der Waals surface area contributed by atoms with E-state index in [1.807, 2.05) is 19.9 Å². The number of ether oxygens (including phenoxy) is 1. The Bertz CT molecular complexity index is 268. The summed E-state index contributed by atoms with van der Waals surface area (Å²) in [6.45, 7) is 2.06. The van der Waals surface area contributed by atoms with Crippen LogP contribution in [0.25, 0.3) is 0 Å². The maximum Gasteiger partial charge on any atom is 0.310 e. The van der Waals surface area contributed by atoms with Crippen LogP contribution in [0.4, 0.5) is 0 Å². The molecule has 3 heteroatoms. The van der Waals surface area contributed by atoms with E-state index in [4.69, 9.17) is 14.9 Å². The normalized spacial score (nSPS) is 10.4. The van der Waals surface area contributed by atoms with Crippen molar-refractivity contribution in [2.75, 3.05) is 0 Å². The molecule has 0 amide bonds. The van der Waals surface area contributed by atoms with Crippen molar-refractivity contribution in [3.05, 3.63) is 29.3 Å². The summed E-state index contributed by atoms with van der Waals surface area (Å²) < 4.78 is 4.74. The highest BCUT2D eigenvalue weighted by Gasteiger charge is 2.04. The second-order valence-corrected chi connectivity index (χ2v) is 2.64. The van der Waals surface area contributed by atoms with Crippen LogP contribution in [0.2, 0.25) is 0 Å². The lowest BCUT2D eigenvalue weighted by molar-refractivity contribution is -0.179. The van der Waals surface area contributed by atoms with Crippen molar-refractivity contribution in [3.8, 4) is 5.75 Å². The third-order valence-electron chi connectivity index (χ3n) is 1.79. The number of aryl methyl sites for hydroxylation is 1. The summed E-state index contributed by atoms with van der Waals surface area (Å²) in [4.78, 5) is 0. The van der Waals surface area contributed by atoms with E-state index in [0.717, 1.165) is 11.1 Å². The monoisotopic (exact) mass is 168 g/mol. The Hall–Kier alpha value is -1.06. The summed E-state index contributed by atoms with van der Waals surface area (Å²) in [7, 11) is 0. The molecule has 0 aliphatic rings. The number of hydrogen-bond acceptors (Lipinski definition) is 3. The number of aliphatic hydroxyl groups excluding tert-OH is 1. The highest BCUT2D eigenvalue weighted by molar-refractivity contribution is 5.38. The second kappa shape index (κ2) is 3.56. The molecule has 0 aliphatic carbocycles. The second-order valence-electron chi connectivity index (χ2n) is 2.64. The molecule has 0 fully saturated rings. The van der Waals surface area contributed by atoms with E-state index in [1.165, 1.54) is 0 Å². The third-order valence-corrected chi connectivity index (χ3v) is 1.79. The zero-order chi connectivity index (χ0) is 9.14. The van der Waals surface area contributed by atoms with Gasteiger partial charge in [-0.2, -0.15) is 0 Å². The standard InChI is InChI=1S/C9H12O3/c1-6-4-3-5-8(7(6)2)12-9(10)11/h3-5,9-11H,1-2H3. The highest BCUT2D eigenvalue weighted by Crippen LogP contribution is 2.20. The molecule has 0 unspecified atom stereocenters. The van der Waals surface area contributed by atoms with Crippen molar-refractivity contribution < 1.29 is 14.9 Å². The van der Waals surface area contributed by atoms with Gasteiger partial charge in [-0.15, -0.1) is 0 Å². The minimum absolute atomic E-state index is 0.505. The molecule has 1 aromatic carbocycles. The van der Waals surface area contributed by atoms with E-state index >= 15 is 0 Å². The molecule has 12 heavy (non-hydrogen) atoms. The lowest BCUT2D eigenvalue weighted by atomic mass is 10.1. The predicted molar refractivity (Wildman–Crippen MR) is 44.8 cm³/mol. The summed E-state index contributed by atoms with van der Waals surface area (Å²) in [6.07, 6.45) is 0. The summed E-state index contributed by atoms with van der Waals surface area (Å²) in [5.74, 6) is 0.505. The van der Waals surface area contributed by atoms with Gasteiger partial charge in [0.05, 0.1) is 0 Å². The minimum atomic E-state index is -1.74. The minimum Gasteiger partial charge on any atom is -0.441 e. The van der Waals surface area contributed by atoms with Gasteiger partial charge in [0, 0.05) is 0 Å². The van der Waals surface area contributed by atoms with Crippen LogP contribution < -0.4 is 4.74 Å². The molecule has 0 saturated carbocycles. The lowest BCUT2D eigenvalue weighted by Crippen LogP contribution is -2.14. The van der Waals surface area contributed by atoms with E-state index < -0.39 is 6.48 Å². The molecule has 3 nitrogen and oxygen atoms in total. The Morgan fingerprint density at radius 2 is 1.92 bits per heavy atom. The van der Waals surface area contributed by atoms with E-state index in [-0.39, 0.29) is 0 Å². The van der Waals surface area contributed by atoms with Gasteiger partial charge in [-0.05, 0) is 31.0 Å². The summed E-state index contributed by atoms with van der Waals surface area (Å²) in [5.41, 5.74) is 1.98. The Morgan fingerprint density at radius 3 is 2.50 bits per heavy atom. The molecular formula is C9H12O3. The molecule has 1 aromatic rings. The molecule has 1 rings (SSSR count). The number of hydrogen-bond donors (Lipinski definition) is 2. The summed E-state index contributed by atoms with van der Waals surface area (Å²) in [6, 6.07) is 5.44. The molecule has 0 saturated heterocycles. The van der Waals surface area contributed by atoms with Gasteiger partial charge in [0.1, 0.15) is 5.75 Å². The van der Waals surface area contributed by atoms with Crippen LogP contribution in [0.15, 0.2) is 18.2 Å². The van der Waals surface area contributed by atoms with Crippen LogP contribution in [0.1, 0.15) is 11.1 Å². The van der Waals surface area contributed by atoms with Crippen LogP contribution in [-0.2, 0) is 0 Å². The first-order valence-electron chi connectivity index (χ1n) is 3.70. The largest absolute Gasteiger partial charge is 0.441 e. The molecule has 0 radical (unpaired) electrons. The van der Waals surface area contributed by atoms with E-state index in [1.54, 1.807) is 12.1 Å². The Balaban J connectivity index is 2.92. The molecule has 66 valence electrons. The first-order valence-corrected chi connectivity index (χ1v) is 3.70. The van der Waals surface area contributed by atoms with Gasteiger partial charge in [-0.1, -0.05) is 12.1 Å². The van der Waals surface area contributed by atoms with Crippen molar-refractivity contribution in [3.63, 3.8) is 0 Å². The van der Waals surface area contributed by atoms with E-state index in [9.17, 15) is 0 Å². The zero-order valence-corrected chi connectivity index (χ0v) is 7.11. The number of aliphatic hydroxyl groups is 2. The van der Waals surface area contributed by atoms with Crippen molar-refractivity contribution in [2.45, 2.75) is 20.3 Å². The van der Waals surface area contributed by atoms with Gasteiger partial charge in [0.25, 0.3) is 0 Å². The van der Waals surface area contributed by atoms with Crippen LogP contribution in [0.3, 0.4) is 0 Å². The molecule has 0 atom stereocenters. The maximum atomic E-state index is 8.55. The third kappa shape index (κ3) is 1.96.